The molecule has 0 radical (unpaired) electrons. The zero-order valence-electron chi connectivity index (χ0n) is 17.0. The SMILES string of the molecule is CC(=O)N(c1ccc(C)c(C)c1)c1nc(CSc2nnc3n2CCCCC3)cs1. The molecule has 3 aromatic rings. The second-order valence-corrected chi connectivity index (χ2v) is 9.17. The van der Waals surface area contributed by atoms with Gasteiger partial charge in [-0.05, 0) is 49.9 Å². The van der Waals surface area contributed by atoms with Crippen LogP contribution in [-0.4, -0.2) is 25.7 Å². The molecule has 0 unspecified atom stereocenters. The molecule has 0 fully saturated rings. The second kappa shape index (κ2) is 8.67. The third-order valence-corrected chi connectivity index (χ3v) is 7.09. The normalized spacial score (nSPS) is 13.8. The molecule has 0 saturated heterocycles. The fourth-order valence-electron chi connectivity index (χ4n) is 3.46. The van der Waals surface area contributed by atoms with E-state index in [2.05, 4.69) is 28.6 Å². The molecule has 1 aromatic carbocycles. The van der Waals surface area contributed by atoms with E-state index in [1.165, 1.54) is 36.2 Å². The maximum absolute atomic E-state index is 12.4. The lowest BCUT2D eigenvalue weighted by atomic mass is 10.1. The molecule has 1 amide bonds. The van der Waals surface area contributed by atoms with Crippen molar-refractivity contribution in [3.63, 3.8) is 0 Å². The number of amides is 1. The van der Waals surface area contributed by atoms with Gasteiger partial charge in [0.2, 0.25) is 5.91 Å². The van der Waals surface area contributed by atoms with Gasteiger partial charge in [-0.3, -0.25) is 9.69 Å². The maximum atomic E-state index is 12.4. The number of anilines is 2. The van der Waals surface area contributed by atoms with Crippen molar-refractivity contribution in [2.75, 3.05) is 4.90 Å². The number of fused-ring (bicyclic) bond motifs is 1. The molecule has 0 saturated carbocycles. The standard InChI is InChI=1S/C21H25N5OS2/c1-14-8-9-18(11-15(14)2)26(16(3)27)20-22-17(12-28-20)13-29-21-24-23-19-7-5-4-6-10-25(19)21/h8-9,11-12H,4-7,10,13H2,1-3H3. The molecule has 8 heteroatoms. The quantitative estimate of drug-likeness (QED) is 0.533. The van der Waals surface area contributed by atoms with E-state index in [9.17, 15) is 4.79 Å². The second-order valence-electron chi connectivity index (χ2n) is 7.39. The molecule has 1 aliphatic heterocycles. The summed E-state index contributed by atoms with van der Waals surface area (Å²) in [6.45, 7) is 6.71. The summed E-state index contributed by atoms with van der Waals surface area (Å²) in [7, 11) is 0. The van der Waals surface area contributed by atoms with Crippen LogP contribution in [-0.2, 0) is 23.5 Å². The molecule has 152 valence electrons. The van der Waals surface area contributed by atoms with E-state index >= 15 is 0 Å². The first-order valence-corrected chi connectivity index (χ1v) is 11.8. The van der Waals surface area contributed by atoms with Crippen LogP contribution in [0.3, 0.4) is 0 Å². The molecule has 0 spiro atoms. The van der Waals surface area contributed by atoms with Crippen LogP contribution >= 0.6 is 23.1 Å². The summed E-state index contributed by atoms with van der Waals surface area (Å²) >= 11 is 3.17. The fourth-order valence-corrected chi connectivity index (χ4v) is 5.33. The Hall–Kier alpha value is -2.19. The van der Waals surface area contributed by atoms with Crippen LogP contribution in [0.15, 0.2) is 28.7 Å². The summed E-state index contributed by atoms with van der Waals surface area (Å²) < 4.78 is 2.25. The molecular weight excluding hydrogens is 402 g/mol. The summed E-state index contributed by atoms with van der Waals surface area (Å²) in [6, 6.07) is 6.06. The molecule has 29 heavy (non-hydrogen) atoms. The van der Waals surface area contributed by atoms with E-state index in [4.69, 9.17) is 4.98 Å². The van der Waals surface area contributed by atoms with Gasteiger partial charge in [-0.2, -0.15) is 0 Å². The number of aromatic nitrogens is 4. The lowest BCUT2D eigenvalue weighted by Gasteiger charge is -2.19. The number of thiazole rings is 1. The van der Waals surface area contributed by atoms with Crippen molar-refractivity contribution in [3.8, 4) is 0 Å². The number of hydrogen-bond acceptors (Lipinski definition) is 6. The van der Waals surface area contributed by atoms with Crippen molar-refractivity contribution in [1.82, 2.24) is 19.7 Å². The Morgan fingerprint density at radius 2 is 2.07 bits per heavy atom. The number of thioether (sulfide) groups is 1. The first-order valence-electron chi connectivity index (χ1n) is 9.90. The third kappa shape index (κ3) is 4.38. The summed E-state index contributed by atoms with van der Waals surface area (Å²) in [5.41, 5.74) is 4.18. The van der Waals surface area contributed by atoms with Gasteiger partial charge >= 0.3 is 0 Å². The average Bonchev–Trinajstić information content (AvgIpc) is 3.23. The van der Waals surface area contributed by atoms with Gasteiger partial charge in [0.05, 0.1) is 11.4 Å². The Morgan fingerprint density at radius 1 is 1.21 bits per heavy atom. The van der Waals surface area contributed by atoms with Crippen molar-refractivity contribution in [2.24, 2.45) is 0 Å². The van der Waals surface area contributed by atoms with Crippen LogP contribution in [0.25, 0.3) is 0 Å². The topological polar surface area (TPSA) is 63.9 Å². The van der Waals surface area contributed by atoms with Crippen LogP contribution in [0, 0.1) is 13.8 Å². The van der Waals surface area contributed by atoms with Crippen molar-refractivity contribution in [2.45, 2.75) is 63.9 Å². The number of rotatable bonds is 5. The number of aryl methyl sites for hydroxylation is 3. The van der Waals surface area contributed by atoms with Crippen LogP contribution in [0.5, 0.6) is 0 Å². The Morgan fingerprint density at radius 3 is 2.86 bits per heavy atom. The third-order valence-electron chi connectivity index (χ3n) is 5.22. The molecule has 0 aliphatic carbocycles. The summed E-state index contributed by atoms with van der Waals surface area (Å²) in [6.07, 6.45) is 4.64. The Kier molecular flexibility index (Phi) is 6.01. The smallest absolute Gasteiger partial charge is 0.230 e. The maximum Gasteiger partial charge on any atom is 0.230 e. The lowest BCUT2D eigenvalue weighted by Crippen LogP contribution is -2.22. The van der Waals surface area contributed by atoms with Crippen molar-refractivity contribution in [3.05, 3.63) is 46.2 Å². The number of hydrogen-bond donors (Lipinski definition) is 0. The van der Waals surface area contributed by atoms with E-state index in [1.807, 2.05) is 23.6 Å². The fraction of sp³-hybridized carbons (Fsp3) is 0.429. The van der Waals surface area contributed by atoms with Crippen LogP contribution in [0.4, 0.5) is 10.8 Å². The first kappa shape index (κ1) is 20.1. The summed E-state index contributed by atoms with van der Waals surface area (Å²) in [5.74, 6) is 1.78. The molecule has 2 aromatic heterocycles. The van der Waals surface area contributed by atoms with Gasteiger partial charge in [0.25, 0.3) is 0 Å². The van der Waals surface area contributed by atoms with Gasteiger partial charge < -0.3 is 4.57 Å². The molecule has 0 atom stereocenters. The Bertz CT molecular complexity index is 1030. The monoisotopic (exact) mass is 427 g/mol. The Balaban J connectivity index is 1.50. The minimum Gasteiger partial charge on any atom is -0.306 e. The van der Waals surface area contributed by atoms with E-state index in [0.29, 0.717) is 10.9 Å². The largest absolute Gasteiger partial charge is 0.306 e. The van der Waals surface area contributed by atoms with E-state index in [0.717, 1.165) is 40.9 Å². The highest BCUT2D eigenvalue weighted by Crippen LogP contribution is 2.32. The number of nitrogens with zero attached hydrogens (tertiary/aromatic N) is 5. The lowest BCUT2D eigenvalue weighted by molar-refractivity contribution is -0.115. The first-order chi connectivity index (χ1) is 14.0. The van der Waals surface area contributed by atoms with Gasteiger partial charge in [0.15, 0.2) is 10.3 Å². The summed E-state index contributed by atoms with van der Waals surface area (Å²) in [4.78, 5) is 18.8. The van der Waals surface area contributed by atoms with Gasteiger partial charge in [-0.1, -0.05) is 24.2 Å². The molecule has 3 heterocycles. The Labute approximate surface area is 179 Å². The molecular formula is C21H25N5OS2. The van der Waals surface area contributed by atoms with Crippen LogP contribution in [0.2, 0.25) is 0 Å². The minimum absolute atomic E-state index is 0.0374. The molecule has 0 bridgehead atoms. The zero-order chi connectivity index (χ0) is 20.4. The van der Waals surface area contributed by atoms with Gasteiger partial charge in [0, 0.05) is 31.0 Å². The highest BCUT2D eigenvalue weighted by atomic mass is 32.2. The van der Waals surface area contributed by atoms with Crippen LogP contribution < -0.4 is 4.90 Å². The highest BCUT2D eigenvalue weighted by Gasteiger charge is 2.19. The van der Waals surface area contributed by atoms with Gasteiger partial charge in [0.1, 0.15) is 5.82 Å². The molecule has 6 nitrogen and oxygen atoms in total. The van der Waals surface area contributed by atoms with E-state index in [-0.39, 0.29) is 5.91 Å². The predicted octanol–water partition coefficient (Wildman–Crippen LogP) is 5.05. The van der Waals surface area contributed by atoms with Crippen LogP contribution in [0.1, 0.15) is 48.8 Å². The van der Waals surface area contributed by atoms with E-state index in [1.54, 1.807) is 23.6 Å². The highest BCUT2D eigenvalue weighted by molar-refractivity contribution is 7.98. The molecule has 1 aliphatic rings. The predicted molar refractivity (Wildman–Crippen MR) is 118 cm³/mol. The average molecular weight is 428 g/mol. The molecule has 0 N–H and O–H groups in total. The molecule has 4 rings (SSSR count). The van der Waals surface area contributed by atoms with Gasteiger partial charge in [-0.25, -0.2) is 4.98 Å². The zero-order valence-corrected chi connectivity index (χ0v) is 18.6. The number of carbonyl (C=O) groups is 1. The summed E-state index contributed by atoms with van der Waals surface area (Å²) in [5, 5.41) is 12.4. The number of carbonyl (C=O) groups excluding carboxylic acids is 1. The number of benzene rings is 1. The van der Waals surface area contributed by atoms with Crippen molar-refractivity contribution < 1.29 is 4.79 Å². The van der Waals surface area contributed by atoms with Crippen molar-refractivity contribution >= 4 is 39.8 Å². The van der Waals surface area contributed by atoms with Gasteiger partial charge in [-0.15, -0.1) is 21.5 Å². The minimum atomic E-state index is -0.0374. The van der Waals surface area contributed by atoms with Crippen molar-refractivity contribution in [1.29, 1.82) is 0 Å². The van der Waals surface area contributed by atoms with E-state index < -0.39 is 0 Å².